The second-order valence-electron chi connectivity index (χ2n) is 4.75. The maximum Gasteiger partial charge on any atom is 0.247 e. The summed E-state index contributed by atoms with van der Waals surface area (Å²) in [5.74, 6) is 1.00. The van der Waals surface area contributed by atoms with Crippen molar-refractivity contribution in [2.45, 2.75) is 24.7 Å². The first kappa shape index (κ1) is 15.7. The molecule has 1 heterocycles. The Kier molecular flexibility index (Phi) is 5.08. The van der Waals surface area contributed by atoms with E-state index in [4.69, 9.17) is 4.42 Å². The van der Waals surface area contributed by atoms with Crippen molar-refractivity contribution in [3.05, 3.63) is 30.2 Å². The number of nitrogens with one attached hydrogen (secondary N) is 1. The molecule has 0 amide bonds. The van der Waals surface area contributed by atoms with Crippen molar-refractivity contribution in [2.75, 3.05) is 19.3 Å². The lowest BCUT2D eigenvalue weighted by Crippen LogP contribution is -2.14. The van der Waals surface area contributed by atoms with E-state index in [1.807, 2.05) is 0 Å². The van der Waals surface area contributed by atoms with Crippen LogP contribution in [0, 0.1) is 0 Å². The molecular weight excluding hydrogens is 290 g/mol. The molecule has 0 aliphatic carbocycles. The Labute approximate surface area is 124 Å². The van der Waals surface area contributed by atoms with Gasteiger partial charge in [0.15, 0.2) is 9.84 Å². The molecule has 0 aliphatic heterocycles. The standard InChI is InChI=1S/C14H19N3O3S/c1-3-15-10-4-5-13-16-17-14(20-13)11-6-8-12(9-7-11)21(2,18)19/h6-9,15H,3-5,10H2,1-2H3. The van der Waals surface area contributed by atoms with Gasteiger partial charge in [0, 0.05) is 18.2 Å². The smallest absolute Gasteiger partial charge is 0.247 e. The molecule has 1 aromatic heterocycles. The predicted octanol–water partition coefficient (Wildman–Crippen LogP) is 1.68. The maximum atomic E-state index is 11.4. The molecule has 0 radical (unpaired) electrons. The third-order valence-corrected chi connectivity index (χ3v) is 4.12. The molecule has 0 saturated heterocycles. The lowest BCUT2D eigenvalue weighted by molar-refractivity contribution is 0.492. The van der Waals surface area contributed by atoms with E-state index in [-0.39, 0.29) is 4.90 Å². The third-order valence-electron chi connectivity index (χ3n) is 2.99. The van der Waals surface area contributed by atoms with E-state index in [1.165, 1.54) is 6.26 Å². The molecule has 114 valence electrons. The van der Waals surface area contributed by atoms with Crippen LogP contribution < -0.4 is 5.32 Å². The van der Waals surface area contributed by atoms with Gasteiger partial charge in [0.05, 0.1) is 4.90 Å². The quantitative estimate of drug-likeness (QED) is 0.783. The average molecular weight is 309 g/mol. The van der Waals surface area contributed by atoms with Crippen molar-refractivity contribution in [1.29, 1.82) is 0 Å². The number of sulfone groups is 1. The van der Waals surface area contributed by atoms with Crippen molar-refractivity contribution in [2.24, 2.45) is 0 Å². The Hall–Kier alpha value is -1.73. The van der Waals surface area contributed by atoms with Crippen LogP contribution in [0.2, 0.25) is 0 Å². The third kappa shape index (κ3) is 4.37. The number of rotatable bonds is 7. The van der Waals surface area contributed by atoms with Crippen LogP contribution in [0.4, 0.5) is 0 Å². The molecule has 0 saturated carbocycles. The number of nitrogens with zero attached hydrogens (tertiary/aromatic N) is 2. The van der Waals surface area contributed by atoms with Crippen molar-refractivity contribution < 1.29 is 12.8 Å². The molecular formula is C14H19N3O3S. The fraction of sp³-hybridized carbons (Fsp3) is 0.429. The number of hydrogen-bond donors (Lipinski definition) is 1. The molecule has 0 bridgehead atoms. The molecule has 1 N–H and O–H groups in total. The van der Waals surface area contributed by atoms with E-state index in [2.05, 4.69) is 22.4 Å². The van der Waals surface area contributed by atoms with Crippen molar-refractivity contribution in [3.8, 4) is 11.5 Å². The number of aromatic nitrogens is 2. The first-order chi connectivity index (χ1) is 10.0. The van der Waals surface area contributed by atoms with Gasteiger partial charge in [-0.2, -0.15) is 0 Å². The van der Waals surface area contributed by atoms with Crippen LogP contribution in [0.1, 0.15) is 19.2 Å². The van der Waals surface area contributed by atoms with Gasteiger partial charge in [-0.15, -0.1) is 10.2 Å². The fourth-order valence-corrected chi connectivity index (χ4v) is 2.49. The summed E-state index contributed by atoms with van der Waals surface area (Å²) in [5.41, 5.74) is 0.716. The van der Waals surface area contributed by atoms with E-state index in [0.29, 0.717) is 17.3 Å². The zero-order valence-corrected chi connectivity index (χ0v) is 13.0. The molecule has 2 rings (SSSR count). The van der Waals surface area contributed by atoms with Gasteiger partial charge < -0.3 is 9.73 Å². The van der Waals surface area contributed by atoms with Crippen molar-refractivity contribution in [3.63, 3.8) is 0 Å². The molecule has 0 aliphatic rings. The minimum atomic E-state index is -3.19. The summed E-state index contributed by atoms with van der Waals surface area (Å²) in [4.78, 5) is 0.275. The Balaban J connectivity index is 2.04. The molecule has 2 aromatic rings. The van der Waals surface area contributed by atoms with Gasteiger partial charge in [-0.1, -0.05) is 6.92 Å². The van der Waals surface area contributed by atoms with E-state index in [0.717, 1.165) is 25.9 Å². The van der Waals surface area contributed by atoms with Crippen molar-refractivity contribution in [1.82, 2.24) is 15.5 Å². The summed E-state index contributed by atoms with van der Waals surface area (Å²) in [7, 11) is -3.19. The lowest BCUT2D eigenvalue weighted by atomic mass is 10.2. The summed E-state index contributed by atoms with van der Waals surface area (Å²) in [6.07, 6.45) is 2.83. The highest BCUT2D eigenvalue weighted by Gasteiger charge is 2.11. The molecule has 0 spiro atoms. The Bertz CT molecular complexity index is 678. The van der Waals surface area contributed by atoms with Crippen LogP contribution in [0.25, 0.3) is 11.5 Å². The van der Waals surface area contributed by atoms with Gasteiger partial charge in [-0.05, 0) is 43.8 Å². The van der Waals surface area contributed by atoms with Crippen LogP contribution in [0.3, 0.4) is 0 Å². The second kappa shape index (κ2) is 6.82. The van der Waals surface area contributed by atoms with E-state index in [9.17, 15) is 8.42 Å². The van der Waals surface area contributed by atoms with Crippen LogP contribution >= 0.6 is 0 Å². The molecule has 21 heavy (non-hydrogen) atoms. The minimum absolute atomic E-state index is 0.275. The van der Waals surface area contributed by atoms with Gasteiger partial charge in [-0.25, -0.2) is 8.42 Å². The van der Waals surface area contributed by atoms with Crippen LogP contribution in [0.5, 0.6) is 0 Å². The van der Waals surface area contributed by atoms with Gasteiger partial charge >= 0.3 is 0 Å². The molecule has 7 heteroatoms. The van der Waals surface area contributed by atoms with Gasteiger partial charge in [0.25, 0.3) is 0 Å². The fourth-order valence-electron chi connectivity index (χ4n) is 1.86. The summed E-state index contributed by atoms with van der Waals surface area (Å²) in [6, 6.07) is 6.43. The summed E-state index contributed by atoms with van der Waals surface area (Å²) in [5, 5.41) is 11.2. The van der Waals surface area contributed by atoms with Crippen LogP contribution in [0.15, 0.2) is 33.6 Å². The van der Waals surface area contributed by atoms with Gasteiger partial charge in [0.2, 0.25) is 11.8 Å². The number of benzene rings is 1. The van der Waals surface area contributed by atoms with Crippen LogP contribution in [-0.2, 0) is 16.3 Å². The molecule has 0 unspecified atom stereocenters. The highest BCUT2D eigenvalue weighted by molar-refractivity contribution is 7.90. The Morgan fingerprint density at radius 3 is 2.52 bits per heavy atom. The molecule has 0 atom stereocenters. The maximum absolute atomic E-state index is 11.4. The number of hydrogen-bond acceptors (Lipinski definition) is 6. The van der Waals surface area contributed by atoms with Gasteiger partial charge in [0.1, 0.15) is 0 Å². The first-order valence-electron chi connectivity index (χ1n) is 6.84. The second-order valence-corrected chi connectivity index (χ2v) is 6.77. The summed E-state index contributed by atoms with van der Waals surface area (Å²) in [6.45, 7) is 3.92. The monoisotopic (exact) mass is 309 g/mol. The Morgan fingerprint density at radius 1 is 1.19 bits per heavy atom. The highest BCUT2D eigenvalue weighted by atomic mass is 32.2. The predicted molar refractivity (Wildman–Crippen MR) is 79.7 cm³/mol. The van der Waals surface area contributed by atoms with E-state index >= 15 is 0 Å². The largest absolute Gasteiger partial charge is 0.421 e. The highest BCUT2D eigenvalue weighted by Crippen LogP contribution is 2.20. The molecule has 6 nitrogen and oxygen atoms in total. The zero-order chi connectivity index (χ0) is 15.3. The van der Waals surface area contributed by atoms with Gasteiger partial charge in [-0.3, -0.25) is 0 Å². The van der Waals surface area contributed by atoms with Crippen LogP contribution in [-0.4, -0.2) is 38.0 Å². The minimum Gasteiger partial charge on any atom is -0.421 e. The average Bonchev–Trinajstić information content (AvgIpc) is 2.92. The van der Waals surface area contributed by atoms with E-state index < -0.39 is 9.84 Å². The summed E-state index contributed by atoms with van der Waals surface area (Å²) >= 11 is 0. The SMILES string of the molecule is CCNCCCc1nnc(-c2ccc(S(C)(=O)=O)cc2)o1. The summed E-state index contributed by atoms with van der Waals surface area (Å²) < 4.78 is 28.4. The first-order valence-corrected chi connectivity index (χ1v) is 8.73. The van der Waals surface area contributed by atoms with E-state index in [1.54, 1.807) is 24.3 Å². The lowest BCUT2D eigenvalue weighted by Gasteiger charge is -1.99. The van der Waals surface area contributed by atoms with Crippen molar-refractivity contribution >= 4 is 9.84 Å². The topological polar surface area (TPSA) is 85.1 Å². The molecule has 0 fully saturated rings. The number of aryl methyl sites for hydroxylation is 1. The zero-order valence-electron chi connectivity index (χ0n) is 12.2. The Morgan fingerprint density at radius 2 is 1.90 bits per heavy atom. The molecule has 1 aromatic carbocycles. The normalized spacial score (nSPS) is 11.7.